The van der Waals surface area contributed by atoms with Gasteiger partial charge in [0.15, 0.2) is 0 Å². The number of hydrogen-bond donors (Lipinski definition) is 0. The molecule has 0 aliphatic heterocycles. The summed E-state index contributed by atoms with van der Waals surface area (Å²) >= 11 is 0. The predicted molar refractivity (Wildman–Crippen MR) is 65.7 cm³/mol. The zero-order valence-electron chi connectivity index (χ0n) is 10.3. The van der Waals surface area contributed by atoms with Gasteiger partial charge in [0.25, 0.3) is 0 Å². The van der Waals surface area contributed by atoms with E-state index >= 15 is 0 Å². The Morgan fingerprint density at radius 3 is 2.81 bits per heavy atom. The quantitative estimate of drug-likeness (QED) is 0.772. The largest absolute Gasteiger partial charge is 0.489 e. The summed E-state index contributed by atoms with van der Waals surface area (Å²) in [5, 5.41) is 0. The highest BCUT2D eigenvalue weighted by Gasteiger charge is 2.18. The summed E-state index contributed by atoms with van der Waals surface area (Å²) in [6.45, 7) is 4.43. The van der Waals surface area contributed by atoms with E-state index in [1.165, 1.54) is 25.7 Å². The molecule has 2 nitrogen and oxygen atoms in total. The van der Waals surface area contributed by atoms with Crippen LogP contribution in [0.25, 0.3) is 0 Å². The lowest BCUT2D eigenvalue weighted by molar-refractivity contribution is 0.206. The van der Waals surface area contributed by atoms with Crippen molar-refractivity contribution in [1.29, 1.82) is 0 Å². The fourth-order valence-corrected chi connectivity index (χ4v) is 2.26. The first kappa shape index (κ1) is 11.4. The van der Waals surface area contributed by atoms with Crippen molar-refractivity contribution < 1.29 is 4.74 Å². The van der Waals surface area contributed by atoms with Gasteiger partial charge >= 0.3 is 0 Å². The van der Waals surface area contributed by atoms with Gasteiger partial charge in [-0.1, -0.05) is 13.8 Å². The SMILES string of the molecule is CC(C)Cc1ncccc1OC1CCCC1. The molecule has 0 aromatic carbocycles. The molecule has 0 amide bonds. The first-order valence-corrected chi connectivity index (χ1v) is 6.36. The second-order valence-corrected chi connectivity index (χ2v) is 5.07. The fourth-order valence-electron chi connectivity index (χ4n) is 2.26. The summed E-state index contributed by atoms with van der Waals surface area (Å²) in [7, 11) is 0. The monoisotopic (exact) mass is 219 g/mol. The van der Waals surface area contributed by atoms with Gasteiger partial charge in [0.1, 0.15) is 5.75 Å². The first-order valence-electron chi connectivity index (χ1n) is 6.36. The van der Waals surface area contributed by atoms with Crippen LogP contribution in [0.15, 0.2) is 18.3 Å². The fraction of sp³-hybridized carbons (Fsp3) is 0.643. The minimum Gasteiger partial charge on any atom is -0.489 e. The van der Waals surface area contributed by atoms with Crippen molar-refractivity contribution in [2.75, 3.05) is 0 Å². The topological polar surface area (TPSA) is 22.1 Å². The second kappa shape index (κ2) is 5.33. The summed E-state index contributed by atoms with van der Waals surface area (Å²) in [5.41, 5.74) is 1.12. The molecular weight excluding hydrogens is 198 g/mol. The molecule has 1 aliphatic carbocycles. The van der Waals surface area contributed by atoms with Crippen LogP contribution in [-0.4, -0.2) is 11.1 Å². The van der Waals surface area contributed by atoms with E-state index in [0.717, 1.165) is 17.9 Å². The molecule has 0 unspecified atom stereocenters. The van der Waals surface area contributed by atoms with Gasteiger partial charge in [-0.15, -0.1) is 0 Å². The smallest absolute Gasteiger partial charge is 0.141 e. The minimum atomic E-state index is 0.426. The lowest BCUT2D eigenvalue weighted by Gasteiger charge is -2.16. The maximum atomic E-state index is 6.04. The maximum Gasteiger partial charge on any atom is 0.141 e. The van der Waals surface area contributed by atoms with Crippen LogP contribution < -0.4 is 4.74 Å². The van der Waals surface area contributed by atoms with E-state index < -0.39 is 0 Å². The predicted octanol–water partition coefficient (Wildman–Crippen LogP) is 3.60. The average molecular weight is 219 g/mol. The Labute approximate surface area is 98.0 Å². The van der Waals surface area contributed by atoms with Gasteiger partial charge in [-0.25, -0.2) is 0 Å². The molecule has 2 heteroatoms. The molecule has 16 heavy (non-hydrogen) atoms. The van der Waals surface area contributed by atoms with Gasteiger partial charge in [-0.2, -0.15) is 0 Å². The van der Waals surface area contributed by atoms with Crippen LogP contribution in [0.5, 0.6) is 5.75 Å². The van der Waals surface area contributed by atoms with E-state index in [0.29, 0.717) is 12.0 Å². The number of rotatable bonds is 4. The normalized spacial score (nSPS) is 16.9. The Bertz CT molecular complexity index is 329. The molecular formula is C14H21NO. The third-order valence-corrected chi connectivity index (χ3v) is 3.05. The molecule has 1 aliphatic rings. The van der Waals surface area contributed by atoms with Gasteiger partial charge in [0.2, 0.25) is 0 Å². The number of hydrogen-bond acceptors (Lipinski definition) is 2. The zero-order chi connectivity index (χ0) is 11.4. The Kier molecular flexibility index (Phi) is 3.81. The highest BCUT2D eigenvalue weighted by molar-refractivity contribution is 5.27. The summed E-state index contributed by atoms with van der Waals surface area (Å²) < 4.78 is 6.04. The molecule has 0 atom stereocenters. The van der Waals surface area contributed by atoms with Crippen molar-refractivity contribution in [2.24, 2.45) is 5.92 Å². The van der Waals surface area contributed by atoms with Gasteiger partial charge in [0, 0.05) is 6.20 Å². The zero-order valence-corrected chi connectivity index (χ0v) is 10.3. The van der Waals surface area contributed by atoms with Gasteiger partial charge in [-0.05, 0) is 50.2 Å². The van der Waals surface area contributed by atoms with Crippen molar-refractivity contribution in [3.05, 3.63) is 24.0 Å². The molecule has 1 aromatic rings. The highest BCUT2D eigenvalue weighted by Crippen LogP contribution is 2.26. The molecule has 88 valence electrons. The number of pyridine rings is 1. The molecule has 0 bridgehead atoms. The van der Waals surface area contributed by atoms with E-state index in [9.17, 15) is 0 Å². The van der Waals surface area contributed by atoms with E-state index in [2.05, 4.69) is 24.9 Å². The third kappa shape index (κ3) is 2.97. The van der Waals surface area contributed by atoms with Gasteiger partial charge < -0.3 is 4.74 Å². The van der Waals surface area contributed by atoms with Crippen molar-refractivity contribution in [2.45, 2.75) is 52.1 Å². The van der Waals surface area contributed by atoms with Crippen LogP contribution in [0.4, 0.5) is 0 Å². The molecule has 1 heterocycles. The summed E-state index contributed by atoms with van der Waals surface area (Å²) in [6, 6.07) is 4.02. The summed E-state index contributed by atoms with van der Waals surface area (Å²) in [6.07, 6.45) is 8.32. The molecule has 2 rings (SSSR count). The molecule has 0 radical (unpaired) electrons. The van der Waals surface area contributed by atoms with E-state index in [4.69, 9.17) is 4.74 Å². The van der Waals surface area contributed by atoms with Crippen molar-refractivity contribution in [1.82, 2.24) is 4.98 Å². The second-order valence-electron chi connectivity index (χ2n) is 5.07. The number of ether oxygens (including phenoxy) is 1. The Morgan fingerprint density at radius 1 is 1.38 bits per heavy atom. The molecule has 0 spiro atoms. The molecule has 1 saturated carbocycles. The van der Waals surface area contributed by atoms with Crippen LogP contribution in [0.3, 0.4) is 0 Å². The van der Waals surface area contributed by atoms with Crippen LogP contribution in [0.1, 0.15) is 45.2 Å². The van der Waals surface area contributed by atoms with Crippen molar-refractivity contribution in [3.63, 3.8) is 0 Å². The standard InChI is InChI=1S/C14H21NO/c1-11(2)10-13-14(8-5-9-15-13)16-12-6-3-4-7-12/h5,8-9,11-12H,3-4,6-7,10H2,1-2H3. The van der Waals surface area contributed by atoms with E-state index in [1.807, 2.05) is 12.3 Å². The molecule has 1 aromatic heterocycles. The average Bonchev–Trinajstić information content (AvgIpc) is 2.73. The molecule has 1 fully saturated rings. The molecule has 0 N–H and O–H groups in total. The number of aromatic nitrogens is 1. The first-order chi connectivity index (χ1) is 7.75. The Balaban J connectivity index is 2.06. The van der Waals surface area contributed by atoms with E-state index in [1.54, 1.807) is 0 Å². The minimum absolute atomic E-state index is 0.426. The Hall–Kier alpha value is -1.05. The third-order valence-electron chi connectivity index (χ3n) is 3.05. The van der Waals surface area contributed by atoms with Gasteiger partial charge in [-0.3, -0.25) is 4.98 Å². The van der Waals surface area contributed by atoms with Crippen LogP contribution in [-0.2, 0) is 6.42 Å². The lowest BCUT2D eigenvalue weighted by Crippen LogP contribution is -2.13. The van der Waals surface area contributed by atoms with Crippen LogP contribution in [0, 0.1) is 5.92 Å². The van der Waals surface area contributed by atoms with E-state index in [-0.39, 0.29) is 0 Å². The van der Waals surface area contributed by atoms with Crippen LogP contribution >= 0.6 is 0 Å². The van der Waals surface area contributed by atoms with Crippen molar-refractivity contribution in [3.8, 4) is 5.75 Å². The summed E-state index contributed by atoms with van der Waals surface area (Å²) in [4.78, 5) is 4.44. The van der Waals surface area contributed by atoms with Crippen molar-refractivity contribution >= 4 is 0 Å². The maximum absolute atomic E-state index is 6.04. The summed E-state index contributed by atoms with van der Waals surface area (Å²) in [5.74, 6) is 1.63. The lowest BCUT2D eigenvalue weighted by atomic mass is 10.1. The number of nitrogens with zero attached hydrogens (tertiary/aromatic N) is 1. The Morgan fingerprint density at radius 2 is 2.12 bits per heavy atom. The highest BCUT2D eigenvalue weighted by atomic mass is 16.5. The molecule has 0 saturated heterocycles. The van der Waals surface area contributed by atoms with Crippen LogP contribution in [0.2, 0.25) is 0 Å². The van der Waals surface area contributed by atoms with Gasteiger partial charge in [0.05, 0.1) is 11.8 Å².